The molecule has 6 heteroatoms. The Balaban J connectivity index is 1.34. The van der Waals surface area contributed by atoms with E-state index in [1.807, 2.05) is 42.5 Å². The summed E-state index contributed by atoms with van der Waals surface area (Å²) in [6.45, 7) is 2.73. The minimum absolute atomic E-state index is 0.0190. The third-order valence-electron chi connectivity index (χ3n) is 3.87. The van der Waals surface area contributed by atoms with Crippen LogP contribution in [0.15, 0.2) is 42.5 Å². The van der Waals surface area contributed by atoms with Crippen molar-refractivity contribution >= 4 is 5.69 Å². The number of anilines is 1. The van der Waals surface area contributed by atoms with E-state index in [2.05, 4.69) is 5.32 Å². The Morgan fingerprint density at radius 1 is 1.16 bits per heavy atom. The molecule has 0 saturated carbocycles. The third kappa shape index (κ3) is 4.93. The Hall–Kier alpha value is -2.60. The number of hydrogen-bond donors (Lipinski definition) is 2. The number of nitrogens with two attached hydrogens (primary N) is 1. The van der Waals surface area contributed by atoms with E-state index in [1.54, 1.807) is 7.11 Å². The summed E-state index contributed by atoms with van der Waals surface area (Å²) < 4.78 is 22.5. The van der Waals surface area contributed by atoms with Crippen molar-refractivity contribution in [2.24, 2.45) is 0 Å². The highest BCUT2D eigenvalue weighted by atomic mass is 16.6. The number of benzene rings is 2. The van der Waals surface area contributed by atoms with Gasteiger partial charge in [-0.25, -0.2) is 0 Å². The predicted molar refractivity (Wildman–Crippen MR) is 96.7 cm³/mol. The lowest BCUT2D eigenvalue weighted by Gasteiger charge is -2.27. The van der Waals surface area contributed by atoms with E-state index in [4.69, 9.17) is 24.7 Å². The molecule has 0 saturated heterocycles. The zero-order chi connectivity index (χ0) is 17.5. The average Bonchev–Trinajstić information content (AvgIpc) is 2.64. The molecule has 0 fully saturated rings. The molecule has 1 atom stereocenters. The molecule has 0 amide bonds. The predicted octanol–water partition coefficient (Wildman–Crippen LogP) is 2.48. The topological polar surface area (TPSA) is 75.0 Å². The Morgan fingerprint density at radius 3 is 2.92 bits per heavy atom. The lowest BCUT2D eigenvalue weighted by Crippen LogP contribution is -2.39. The highest BCUT2D eigenvalue weighted by Gasteiger charge is 2.21. The van der Waals surface area contributed by atoms with E-state index in [9.17, 15) is 0 Å². The summed E-state index contributed by atoms with van der Waals surface area (Å²) in [7, 11) is 1.64. The normalized spacial score (nSPS) is 15.6. The number of fused-ring (bicyclic) bond motifs is 1. The van der Waals surface area contributed by atoms with Crippen LogP contribution in [0.25, 0.3) is 0 Å². The summed E-state index contributed by atoms with van der Waals surface area (Å²) in [5, 5.41) is 3.37. The molecule has 1 heterocycles. The van der Waals surface area contributed by atoms with Gasteiger partial charge in [0.05, 0.1) is 13.7 Å². The smallest absolute Gasteiger partial charge is 0.165 e. The van der Waals surface area contributed by atoms with Gasteiger partial charge in [-0.15, -0.1) is 0 Å². The molecule has 0 bridgehead atoms. The van der Waals surface area contributed by atoms with E-state index in [-0.39, 0.29) is 6.10 Å². The standard InChI is InChI=1S/C19H24N2O4/c1-22-15-6-7-18-19(11-15)25-17(13-24-18)12-21-8-3-9-23-16-5-2-4-14(20)10-16/h2,4-7,10-11,17,21H,3,8-9,12-13,20H2,1H3/t17-/m0/s1. The fourth-order valence-corrected chi connectivity index (χ4v) is 2.58. The van der Waals surface area contributed by atoms with Crippen molar-refractivity contribution in [1.82, 2.24) is 5.32 Å². The van der Waals surface area contributed by atoms with Gasteiger partial charge in [0.25, 0.3) is 0 Å². The number of nitrogens with one attached hydrogen (secondary N) is 1. The van der Waals surface area contributed by atoms with E-state index in [0.29, 0.717) is 18.9 Å². The zero-order valence-electron chi connectivity index (χ0n) is 14.4. The Kier molecular flexibility index (Phi) is 5.85. The van der Waals surface area contributed by atoms with Crippen molar-refractivity contribution in [2.45, 2.75) is 12.5 Å². The molecule has 3 rings (SSSR count). The van der Waals surface area contributed by atoms with Crippen LogP contribution in [0.1, 0.15) is 6.42 Å². The van der Waals surface area contributed by atoms with Gasteiger partial charge in [0.1, 0.15) is 24.2 Å². The molecule has 2 aromatic rings. The van der Waals surface area contributed by atoms with Gasteiger partial charge in [-0.05, 0) is 37.2 Å². The highest BCUT2D eigenvalue weighted by Crippen LogP contribution is 2.34. The van der Waals surface area contributed by atoms with Crippen LogP contribution in [-0.4, -0.2) is 39.5 Å². The first-order chi connectivity index (χ1) is 12.2. The van der Waals surface area contributed by atoms with Gasteiger partial charge in [-0.1, -0.05) is 6.07 Å². The molecule has 134 valence electrons. The van der Waals surface area contributed by atoms with Gasteiger partial charge in [0.2, 0.25) is 0 Å². The number of methoxy groups -OCH3 is 1. The third-order valence-corrected chi connectivity index (χ3v) is 3.87. The molecule has 0 unspecified atom stereocenters. The number of ether oxygens (including phenoxy) is 4. The molecular formula is C19H24N2O4. The summed E-state index contributed by atoms with van der Waals surface area (Å²) in [4.78, 5) is 0. The summed E-state index contributed by atoms with van der Waals surface area (Å²) >= 11 is 0. The van der Waals surface area contributed by atoms with Gasteiger partial charge >= 0.3 is 0 Å². The second-order valence-electron chi connectivity index (χ2n) is 5.84. The second kappa shape index (κ2) is 8.48. The van der Waals surface area contributed by atoms with Crippen LogP contribution in [0.5, 0.6) is 23.0 Å². The minimum Gasteiger partial charge on any atom is -0.497 e. The lowest BCUT2D eigenvalue weighted by atomic mass is 10.2. The van der Waals surface area contributed by atoms with E-state index >= 15 is 0 Å². The maximum absolute atomic E-state index is 5.95. The van der Waals surface area contributed by atoms with Crippen molar-refractivity contribution in [3.8, 4) is 23.0 Å². The number of nitrogen functional groups attached to an aromatic ring is 1. The Bertz CT molecular complexity index is 693. The molecule has 3 N–H and O–H groups in total. The van der Waals surface area contributed by atoms with Gasteiger partial charge < -0.3 is 30.0 Å². The molecule has 2 aromatic carbocycles. The fourth-order valence-electron chi connectivity index (χ4n) is 2.58. The van der Waals surface area contributed by atoms with E-state index < -0.39 is 0 Å². The summed E-state index contributed by atoms with van der Waals surface area (Å²) in [6.07, 6.45) is 0.877. The van der Waals surface area contributed by atoms with Crippen molar-refractivity contribution in [1.29, 1.82) is 0 Å². The molecule has 0 radical (unpaired) electrons. The first kappa shape index (κ1) is 17.2. The molecule has 0 aromatic heterocycles. The Labute approximate surface area is 147 Å². The molecule has 1 aliphatic heterocycles. The molecule has 0 aliphatic carbocycles. The maximum atomic E-state index is 5.95. The van der Waals surface area contributed by atoms with Gasteiger partial charge in [-0.3, -0.25) is 0 Å². The first-order valence-corrected chi connectivity index (χ1v) is 8.41. The Morgan fingerprint density at radius 2 is 2.08 bits per heavy atom. The monoisotopic (exact) mass is 344 g/mol. The largest absolute Gasteiger partial charge is 0.497 e. The van der Waals surface area contributed by atoms with Crippen molar-refractivity contribution < 1.29 is 18.9 Å². The van der Waals surface area contributed by atoms with Crippen LogP contribution < -0.4 is 30.0 Å². The van der Waals surface area contributed by atoms with Gasteiger partial charge in [-0.2, -0.15) is 0 Å². The van der Waals surface area contributed by atoms with Crippen LogP contribution in [0.4, 0.5) is 5.69 Å². The molecular weight excluding hydrogens is 320 g/mol. The molecule has 6 nitrogen and oxygen atoms in total. The van der Waals surface area contributed by atoms with Gasteiger partial charge in [0.15, 0.2) is 11.5 Å². The minimum atomic E-state index is -0.0190. The SMILES string of the molecule is COc1ccc2c(c1)O[C@@H](CNCCCOc1cccc(N)c1)CO2. The molecule has 0 spiro atoms. The number of rotatable bonds is 8. The zero-order valence-corrected chi connectivity index (χ0v) is 14.4. The number of hydrogen-bond acceptors (Lipinski definition) is 6. The highest BCUT2D eigenvalue weighted by molar-refractivity contribution is 5.46. The van der Waals surface area contributed by atoms with E-state index in [0.717, 1.165) is 42.5 Å². The van der Waals surface area contributed by atoms with Gasteiger partial charge in [0, 0.05) is 24.4 Å². The molecule has 1 aliphatic rings. The fraction of sp³-hybridized carbons (Fsp3) is 0.368. The van der Waals surface area contributed by atoms with Crippen molar-refractivity contribution in [2.75, 3.05) is 39.1 Å². The second-order valence-corrected chi connectivity index (χ2v) is 5.84. The lowest BCUT2D eigenvalue weighted by molar-refractivity contribution is 0.0898. The summed E-state index contributed by atoms with van der Waals surface area (Å²) in [5.41, 5.74) is 6.43. The quantitative estimate of drug-likeness (QED) is 0.566. The van der Waals surface area contributed by atoms with Crippen molar-refractivity contribution in [3.63, 3.8) is 0 Å². The van der Waals surface area contributed by atoms with Crippen LogP contribution in [0.2, 0.25) is 0 Å². The van der Waals surface area contributed by atoms with Crippen LogP contribution in [0, 0.1) is 0 Å². The summed E-state index contributed by atoms with van der Waals surface area (Å²) in [6, 6.07) is 13.0. The van der Waals surface area contributed by atoms with Crippen molar-refractivity contribution in [3.05, 3.63) is 42.5 Å². The van der Waals surface area contributed by atoms with Crippen LogP contribution in [0.3, 0.4) is 0 Å². The van der Waals surface area contributed by atoms with Crippen LogP contribution >= 0.6 is 0 Å². The van der Waals surface area contributed by atoms with Crippen LogP contribution in [-0.2, 0) is 0 Å². The first-order valence-electron chi connectivity index (χ1n) is 8.41. The summed E-state index contributed by atoms with van der Waals surface area (Å²) in [5.74, 6) is 3.04. The molecule has 25 heavy (non-hydrogen) atoms. The maximum Gasteiger partial charge on any atom is 0.165 e. The van der Waals surface area contributed by atoms with E-state index in [1.165, 1.54) is 0 Å². The average molecular weight is 344 g/mol.